The van der Waals surface area contributed by atoms with E-state index in [1.54, 1.807) is 19.2 Å². The van der Waals surface area contributed by atoms with Crippen LogP contribution < -0.4 is 11.1 Å². The molecule has 0 unspecified atom stereocenters. The molecule has 0 spiro atoms. The van der Waals surface area contributed by atoms with Crippen molar-refractivity contribution in [2.45, 2.75) is 80.7 Å². The van der Waals surface area contributed by atoms with Crippen molar-refractivity contribution in [1.82, 2.24) is 15.2 Å². The highest BCUT2D eigenvalue weighted by Gasteiger charge is 2.64. The van der Waals surface area contributed by atoms with Gasteiger partial charge in [0.15, 0.2) is 10.8 Å². The number of aromatic nitrogens is 1. The van der Waals surface area contributed by atoms with Gasteiger partial charge in [0.05, 0.1) is 0 Å². The lowest BCUT2D eigenvalue weighted by Gasteiger charge is -2.43. The Bertz CT molecular complexity index is 941. The number of amides is 2. The molecule has 3 heterocycles. The standard InChI is InChI=1S/C20H27N5O5S2/c1-20(2)14(18(28)29)25-16(27)13(17(25)32-20)23-15(26)12(11-9-31-19(21)22-11)24-30-10-7-5-3-4-6-8-10/h9-10,13-14,17H,3-8H2,1-2H3,(H2,21,22)(H,23,26)(H,28,29)/t13-,14-,17+/m0/s1. The minimum Gasteiger partial charge on any atom is -0.480 e. The van der Waals surface area contributed by atoms with Crippen molar-refractivity contribution < 1.29 is 24.3 Å². The number of thioether (sulfide) groups is 1. The number of nitrogen functional groups attached to an aromatic ring is 1. The summed E-state index contributed by atoms with van der Waals surface area (Å²) < 4.78 is -0.672. The number of nitrogens with two attached hydrogens (primary N) is 1. The first-order valence-corrected chi connectivity index (χ1v) is 12.4. The van der Waals surface area contributed by atoms with Crippen molar-refractivity contribution in [1.29, 1.82) is 0 Å². The maximum atomic E-state index is 13.1. The summed E-state index contributed by atoms with van der Waals surface area (Å²) >= 11 is 2.54. The van der Waals surface area contributed by atoms with Gasteiger partial charge in [0, 0.05) is 10.1 Å². The van der Waals surface area contributed by atoms with E-state index in [1.807, 2.05) is 0 Å². The molecule has 3 fully saturated rings. The van der Waals surface area contributed by atoms with Crippen LogP contribution in [0.2, 0.25) is 0 Å². The molecule has 1 aromatic heterocycles. The minimum absolute atomic E-state index is 0.0366. The fourth-order valence-electron chi connectivity index (χ4n) is 4.43. The molecule has 10 nitrogen and oxygen atoms in total. The molecular weight excluding hydrogens is 454 g/mol. The van der Waals surface area contributed by atoms with Gasteiger partial charge in [0.2, 0.25) is 5.91 Å². The second-order valence-corrected chi connectivity index (χ2v) is 11.4. The Hall–Kier alpha value is -2.34. The molecule has 3 atom stereocenters. The number of anilines is 1. The molecule has 174 valence electrons. The Balaban J connectivity index is 1.50. The van der Waals surface area contributed by atoms with Crippen molar-refractivity contribution in [3.05, 3.63) is 11.1 Å². The van der Waals surface area contributed by atoms with Crippen molar-refractivity contribution in [2.75, 3.05) is 5.73 Å². The molecule has 0 bridgehead atoms. The summed E-state index contributed by atoms with van der Waals surface area (Å²) in [7, 11) is 0. The molecule has 12 heteroatoms. The highest BCUT2D eigenvalue weighted by atomic mass is 32.2. The van der Waals surface area contributed by atoms with Crippen LogP contribution in [-0.4, -0.2) is 66.8 Å². The van der Waals surface area contributed by atoms with Crippen LogP contribution in [0.25, 0.3) is 0 Å². The molecule has 32 heavy (non-hydrogen) atoms. The molecule has 4 N–H and O–H groups in total. The first kappa shape index (κ1) is 22.8. The minimum atomic E-state index is -1.06. The molecular formula is C20H27N5O5S2. The molecule has 3 aliphatic rings. The first-order chi connectivity index (χ1) is 15.2. The van der Waals surface area contributed by atoms with E-state index in [4.69, 9.17) is 10.6 Å². The van der Waals surface area contributed by atoms with Gasteiger partial charge in [-0.2, -0.15) is 0 Å². The number of carbonyl (C=O) groups excluding carboxylic acids is 2. The Labute approximate surface area is 193 Å². The summed E-state index contributed by atoms with van der Waals surface area (Å²) in [6.07, 6.45) is 6.10. The number of oxime groups is 1. The topological polar surface area (TPSA) is 147 Å². The molecule has 1 aromatic rings. The number of nitrogens with one attached hydrogen (secondary N) is 1. The molecule has 0 radical (unpaired) electrons. The van der Waals surface area contributed by atoms with E-state index in [0.717, 1.165) is 38.5 Å². The van der Waals surface area contributed by atoms with Gasteiger partial charge >= 0.3 is 5.97 Å². The van der Waals surface area contributed by atoms with Gasteiger partial charge in [-0.1, -0.05) is 18.0 Å². The summed E-state index contributed by atoms with van der Waals surface area (Å²) in [5.41, 5.74) is 5.99. The second kappa shape index (κ2) is 8.89. The molecule has 4 rings (SSSR count). The summed E-state index contributed by atoms with van der Waals surface area (Å²) in [6.45, 7) is 3.57. The van der Waals surface area contributed by atoms with Crippen LogP contribution in [0.5, 0.6) is 0 Å². The fourth-order valence-corrected chi connectivity index (χ4v) is 6.60. The number of carboxylic acid groups (broad SMARTS) is 1. The molecule has 0 aromatic carbocycles. The third kappa shape index (κ3) is 4.29. The van der Waals surface area contributed by atoms with Crippen LogP contribution in [0.1, 0.15) is 58.1 Å². The number of aliphatic carboxylic acids is 1. The lowest BCUT2D eigenvalue weighted by molar-refractivity contribution is -0.160. The Kier molecular flexibility index (Phi) is 6.35. The van der Waals surface area contributed by atoms with Crippen LogP contribution in [0.15, 0.2) is 10.5 Å². The van der Waals surface area contributed by atoms with Crippen LogP contribution in [0.4, 0.5) is 5.13 Å². The van der Waals surface area contributed by atoms with Crippen molar-refractivity contribution in [3.63, 3.8) is 0 Å². The van der Waals surface area contributed by atoms with E-state index in [9.17, 15) is 19.5 Å². The van der Waals surface area contributed by atoms with E-state index < -0.39 is 40.0 Å². The van der Waals surface area contributed by atoms with E-state index in [0.29, 0.717) is 5.13 Å². The monoisotopic (exact) mass is 481 g/mol. The van der Waals surface area contributed by atoms with Crippen molar-refractivity contribution in [2.24, 2.45) is 5.16 Å². The lowest BCUT2D eigenvalue weighted by atomic mass is 9.96. The molecule has 1 saturated carbocycles. The van der Waals surface area contributed by atoms with E-state index in [1.165, 1.54) is 28.0 Å². The number of carboxylic acids is 1. The molecule has 2 saturated heterocycles. The van der Waals surface area contributed by atoms with Crippen LogP contribution in [0, 0.1) is 0 Å². The predicted octanol–water partition coefficient (Wildman–Crippen LogP) is 1.80. The average molecular weight is 482 g/mol. The zero-order valence-corrected chi connectivity index (χ0v) is 19.6. The zero-order valence-electron chi connectivity index (χ0n) is 17.9. The third-order valence-corrected chi connectivity index (χ3v) is 8.28. The summed E-state index contributed by atoms with van der Waals surface area (Å²) in [4.78, 5) is 48.7. The molecule has 2 aliphatic heterocycles. The highest BCUT2D eigenvalue weighted by molar-refractivity contribution is 8.01. The van der Waals surface area contributed by atoms with Gasteiger partial charge in [-0.15, -0.1) is 23.1 Å². The van der Waals surface area contributed by atoms with Gasteiger partial charge in [0.25, 0.3) is 5.91 Å². The van der Waals surface area contributed by atoms with Crippen LogP contribution in [-0.2, 0) is 19.2 Å². The maximum absolute atomic E-state index is 13.1. The van der Waals surface area contributed by atoms with Crippen molar-refractivity contribution in [3.8, 4) is 0 Å². The van der Waals surface area contributed by atoms with Crippen LogP contribution in [0.3, 0.4) is 0 Å². The number of thiazole rings is 1. The second-order valence-electron chi connectivity index (χ2n) is 8.78. The number of carbonyl (C=O) groups is 3. The third-order valence-electron chi connectivity index (χ3n) is 6.04. The predicted molar refractivity (Wildman–Crippen MR) is 121 cm³/mol. The first-order valence-electron chi connectivity index (χ1n) is 10.7. The summed E-state index contributed by atoms with van der Waals surface area (Å²) in [5, 5.41) is 17.9. The molecule has 2 amide bonds. The highest BCUT2D eigenvalue weighted by Crippen LogP contribution is 2.50. The van der Waals surface area contributed by atoms with E-state index in [2.05, 4.69) is 15.5 Å². The van der Waals surface area contributed by atoms with Gasteiger partial charge in [-0.25, -0.2) is 9.78 Å². The number of hydrogen-bond donors (Lipinski definition) is 3. The number of β-lactam (4-membered cyclic amide) rings is 1. The number of fused-ring (bicyclic) bond motifs is 1. The lowest BCUT2D eigenvalue weighted by Crippen LogP contribution is -2.71. The van der Waals surface area contributed by atoms with Gasteiger partial charge < -0.3 is 25.9 Å². The molecule has 1 aliphatic carbocycles. The average Bonchev–Trinajstić information content (AvgIpc) is 3.13. The van der Waals surface area contributed by atoms with Gasteiger partial charge in [-0.05, 0) is 39.5 Å². The van der Waals surface area contributed by atoms with E-state index in [-0.39, 0.29) is 17.5 Å². The Morgan fingerprint density at radius 3 is 2.59 bits per heavy atom. The van der Waals surface area contributed by atoms with Gasteiger partial charge in [-0.3, -0.25) is 9.59 Å². The fraction of sp³-hybridized carbons (Fsp3) is 0.650. The van der Waals surface area contributed by atoms with Gasteiger partial charge in [0.1, 0.15) is 29.3 Å². The SMILES string of the molecule is CC1(C)S[C@@H]2[C@@H](NC(=O)C(=NOC3CCCCCC3)c3csc(N)n3)C(=O)N2[C@H]1C(=O)O. The Morgan fingerprint density at radius 1 is 1.31 bits per heavy atom. The normalized spacial score (nSPS) is 27.9. The largest absolute Gasteiger partial charge is 0.480 e. The quantitative estimate of drug-likeness (QED) is 0.241. The Morgan fingerprint density at radius 2 is 2.00 bits per heavy atom. The van der Waals surface area contributed by atoms with E-state index >= 15 is 0 Å². The number of rotatable bonds is 6. The number of nitrogens with zero attached hydrogens (tertiary/aromatic N) is 3. The van der Waals surface area contributed by atoms with Crippen molar-refractivity contribution >= 4 is 51.7 Å². The number of hydrogen-bond acceptors (Lipinski definition) is 9. The summed E-state index contributed by atoms with van der Waals surface area (Å²) in [6, 6.07) is -1.78. The van der Waals surface area contributed by atoms with Crippen LogP contribution >= 0.6 is 23.1 Å². The summed E-state index contributed by atoms with van der Waals surface area (Å²) in [5.74, 6) is -2.07. The zero-order chi connectivity index (χ0) is 23.0. The maximum Gasteiger partial charge on any atom is 0.327 e. The smallest absolute Gasteiger partial charge is 0.327 e.